The van der Waals surface area contributed by atoms with Crippen LogP contribution in [0.15, 0.2) is 59.6 Å². The average molecular weight is 385 g/mol. The minimum absolute atomic E-state index is 0.0424. The van der Waals surface area contributed by atoms with E-state index in [4.69, 9.17) is 0 Å². The van der Waals surface area contributed by atoms with E-state index in [2.05, 4.69) is 45.3 Å². The lowest BCUT2D eigenvalue weighted by molar-refractivity contribution is -0.111. The van der Waals surface area contributed by atoms with Gasteiger partial charge in [0.25, 0.3) is 5.91 Å². The fourth-order valence-electron chi connectivity index (χ4n) is 2.88. The maximum atomic E-state index is 12.4. The molecule has 1 aliphatic rings. The third-order valence-electron chi connectivity index (χ3n) is 4.09. The first-order valence-corrected chi connectivity index (χ1v) is 8.49. The summed E-state index contributed by atoms with van der Waals surface area (Å²) in [6.07, 6.45) is 3.08. The number of carbonyl (C=O) groups is 2. The molecule has 0 radical (unpaired) electrons. The van der Waals surface area contributed by atoms with Crippen molar-refractivity contribution in [2.75, 3.05) is 5.32 Å². The largest absolute Gasteiger partial charge is 0.345 e. The third kappa shape index (κ3) is 3.57. The smallest absolute Gasteiger partial charge is 0.251 e. The first-order valence-electron chi connectivity index (χ1n) is 7.69. The number of hydrogen-bond donors (Lipinski definition) is 2. The highest BCUT2D eigenvalue weighted by Crippen LogP contribution is 2.33. The zero-order valence-corrected chi connectivity index (χ0v) is 14.6. The second-order valence-electron chi connectivity index (χ2n) is 5.68. The molecule has 1 unspecified atom stereocenters. The monoisotopic (exact) mass is 384 g/mol. The first kappa shape index (κ1) is 16.5. The fourth-order valence-corrected chi connectivity index (χ4v) is 3.28. The van der Waals surface area contributed by atoms with E-state index < -0.39 is 0 Å². The van der Waals surface area contributed by atoms with Crippen molar-refractivity contribution in [3.8, 4) is 0 Å². The van der Waals surface area contributed by atoms with Crippen molar-refractivity contribution in [2.24, 2.45) is 0 Å². The van der Waals surface area contributed by atoms with Gasteiger partial charge in [0.2, 0.25) is 5.91 Å². The number of hydrogen-bond acceptors (Lipinski definition) is 2. The standard InChI is InChI=1S/C19H17BrN2O2/c1-2-18(23)21-15-7-3-12(4-8-15)19(24)22-17-10-5-13-11-14(20)6-9-16(13)17/h2-4,6-9,11,17H,1,5,10H2,(H,21,23)(H,22,24). The minimum Gasteiger partial charge on any atom is -0.345 e. The van der Waals surface area contributed by atoms with Crippen LogP contribution in [0.4, 0.5) is 5.69 Å². The molecule has 1 aliphatic carbocycles. The number of amides is 2. The molecular formula is C19H17BrN2O2. The molecule has 0 aliphatic heterocycles. The lowest BCUT2D eigenvalue weighted by atomic mass is 10.1. The van der Waals surface area contributed by atoms with E-state index in [-0.39, 0.29) is 17.9 Å². The van der Waals surface area contributed by atoms with Crippen LogP contribution in [0.3, 0.4) is 0 Å². The Balaban J connectivity index is 1.68. The highest BCUT2D eigenvalue weighted by molar-refractivity contribution is 9.10. The van der Waals surface area contributed by atoms with Crippen LogP contribution >= 0.6 is 15.9 Å². The maximum absolute atomic E-state index is 12.4. The van der Waals surface area contributed by atoms with Gasteiger partial charge in [-0.1, -0.05) is 28.6 Å². The molecule has 0 spiro atoms. The van der Waals surface area contributed by atoms with Crippen molar-refractivity contribution in [1.82, 2.24) is 5.32 Å². The molecule has 0 bridgehead atoms. The van der Waals surface area contributed by atoms with Gasteiger partial charge < -0.3 is 10.6 Å². The van der Waals surface area contributed by atoms with E-state index in [9.17, 15) is 9.59 Å². The van der Waals surface area contributed by atoms with Crippen molar-refractivity contribution in [3.05, 3.63) is 76.3 Å². The molecule has 0 fully saturated rings. The molecule has 2 aromatic rings. The lowest BCUT2D eigenvalue weighted by Gasteiger charge is -2.14. The SMILES string of the molecule is C=CC(=O)Nc1ccc(C(=O)NC2CCc3cc(Br)ccc32)cc1. The predicted molar refractivity (Wildman–Crippen MR) is 97.9 cm³/mol. The van der Waals surface area contributed by atoms with Gasteiger partial charge in [-0.2, -0.15) is 0 Å². The zero-order valence-electron chi connectivity index (χ0n) is 13.0. The number of carbonyl (C=O) groups excluding carboxylic acids is 2. The molecular weight excluding hydrogens is 368 g/mol. The molecule has 4 nitrogen and oxygen atoms in total. The Hall–Kier alpha value is -2.40. The van der Waals surface area contributed by atoms with E-state index >= 15 is 0 Å². The summed E-state index contributed by atoms with van der Waals surface area (Å²) in [5.74, 6) is -0.390. The molecule has 2 N–H and O–H groups in total. The molecule has 0 heterocycles. The fraction of sp³-hybridized carbons (Fsp3) is 0.158. The normalized spacial score (nSPS) is 15.5. The molecule has 5 heteroatoms. The molecule has 0 saturated carbocycles. The summed E-state index contributed by atoms with van der Waals surface area (Å²) in [5, 5.41) is 5.74. The van der Waals surface area contributed by atoms with Crippen LogP contribution in [0.25, 0.3) is 0 Å². The molecule has 3 rings (SSSR count). The van der Waals surface area contributed by atoms with Gasteiger partial charge in [-0.05, 0) is 66.4 Å². The third-order valence-corrected chi connectivity index (χ3v) is 4.58. The molecule has 2 aromatic carbocycles. The first-order chi connectivity index (χ1) is 11.6. The van der Waals surface area contributed by atoms with E-state index in [1.54, 1.807) is 24.3 Å². The van der Waals surface area contributed by atoms with Crippen LogP contribution in [-0.2, 0) is 11.2 Å². The number of nitrogens with one attached hydrogen (secondary N) is 2. The zero-order chi connectivity index (χ0) is 17.1. The number of fused-ring (bicyclic) bond motifs is 1. The van der Waals surface area contributed by atoms with Gasteiger partial charge in [0.1, 0.15) is 0 Å². The summed E-state index contributed by atoms with van der Waals surface area (Å²) < 4.78 is 1.06. The highest BCUT2D eigenvalue weighted by atomic mass is 79.9. The Morgan fingerprint density at radius 2 is 1.92 bits per heavy atom. The van der Waals surface area contributed by atoms with Crippen LogP contribution in [0.5, 0.6) is 0 Å². The van der Waals surface area contributed by atoms with Crippen molar-refractivity contribution < 1.29 is 9.59 Å². The lowest BCUT2D eigenvalue weighted by Crippen LogP contribution is -2.27. The van der Waals surface area contributed by atoms with Gasteiger partial charge in [-0.15, -0.1) is 0 Å². The van der Waals surface area contributed by atoms with Gasteiger partial charge in [0.15, 0.2) is 0 Å². The number of aryl methyl sites for hydroxylation is 1. The molecule has 122 valence electrons. The number of rotatable bonds is 4. The van der Waals surface area contributed by atoms with Crippen molar-refractivity contribution in [1.29, 1.82) is 0 Å². The Labute approximate surface area is 149 Å². The number of benzene rings is 2. The Kier molecular flexibility index (Phi) is 4.81. The molecule has 0 saturated heterocycles. The average Bonchev–Trinajstić information content (AvgIpc) is 2.97. The van der Waals surface area contributed by atoms with Gasteiger partial charge in [0, 0.05) is 15.7 Å². The van der Waals surface area contributed by atoms with Crippen molar-refractivity contribution in [2.45, 2.75) is 18.9 Å². The van der Waals surface area contributed by atoms with Gasteiger partial charge >= 0.3 is 0 Å². The summed E-state index contributed by atoms with van der Waals surface area (Å²) >= 11 is 3.48. The van der Waals surface area contributed by atoms with Gasteiger partial charge in [-0.25, -0.2) is 0 Å². The van der Waals surface area contributed by atoms with Crippen LogP contribution in [0.1, 0.15) is 33.9 Å². The summed E-state index contributed by atoms with van der Waals surface area (Å²) in [5.41, 5.74) is 3.66. The quantitative estimate of drug-likeness (QED) is 0.782. The molecule has 24 heavy (non-hydrogen) atoms. The van der Waals surface area contributed by atoms with E-state index in [1.807, 2.05) is 6.07 Å². The minimum atomic E-state index is -0.277. The number of anilines is 1. The summed E-state index contributed by atoms with van der Waals surface area (Å²) in [6.45, 7) is 3.40. The van der Waals surface area contributed by atoms with Crippen molar-refractivity contribution >= 4 is 33.4 Å². The molecule has 0 aromatic heterocycles. The Bertz CT molecular complexity index is 800. The van der Waals surface area contributed by atoms with Gasteiger partial charge in [0.05, 0.1) is 6.04 Å². The topological polar surface area (TPSA) is 58.2 Å². The molecule has 2 amide bonds. The van der Waals surface area contributed by atoms with Crippen LogP contribution < -0.4 is 10.6 Å². The van der Waals surface area contributed by atoms with E-state index in [1.165, 1.54) is 17.2 Å². The summed E-state index contributed by atoms with van der Waals surface area (Å²) in [4.78, 5) is 23.7. The number of halogens is 1. The second kappa shape index (κ2) is 7.01. The molecule has 1 atom stereocenters. The highest BCUT2D eigenvalue weighted by Gasteiger charge is 2.24. The van der Waals surface area contributed by atoms with Gasteiger partial charge in [-0.3, -0.25) is 9.59 Å². The van der Waals surface area contributed by atoms with Crippen LogP contribution in [0.2, 0.25) is 0 Å². The summed E-state index contributed by atoms with van der Waals surface area (Å²) in [6, 6.07) is 13.0. The maximum Gasteiger partial charge on any atom is 0.251 e. The van der Waals surface area contributed by atoms with E-state index in [0.29, 0.717) is 11.3 Å². The predicted octanol–water partition coefficient (Wildman–Crippen LogP) is 3.99. The van der Waals surface area contributed by atoms with Crippen LogP contribution in [-0.4, -0.2) is 11.8 Å². The Morgan fingerprint density at radius 1 is 1.17 bits per heavy atom. The summed E-state index contributed by atoms with van der Waals surface area (Å²) in [7, 11) is 0. The van der Waals surface area contributed by atoms with E-state index in [0.717, 1.165) is 17.3 Å². The second-order valence-corrected chi connectivity index (χ2v) is 6.59. The Morgan fingerprint density at radius 3 is 2.62 bits per heavy atom. The van der Waals surface area contributed by atoms with Crippen LogP contribution in [0, 0.1) is 0 Å². The van der Waals surface area contributed by atoms with Crippen molar-refractivity contribution in [3.63, 3.8) is 0 Å².